The fraction of sp³-hybridized carbons (Fsp3) is 0.316. The number of hydrogen-bond acceptors (Lipinski definition) is 6. The lowest BCUT2D eigenvalue weighted by atomic mass is 10.2. The van der Waals surface area contributed by atoms with Crippen molar-refractivity contribution in [3.05, 3.63) is 62.5 Å². The van der Waals surface area contributed by atoms with Crippen molar-refractivity contribution in [1.82, 2.24) is 15.4 Å². The second kappa shape index (κ2) is 8.69. The largest absolute Gasteiger partial charge is 0.309 e. The minimum Gasteiger partial charge on any atom is -0.309 e. The standard InChI is InChI=1S/C19H21N3O3S2/c1-11-12(2)27-19-16(11)18(24)20-15(21-19)10-26-13(3)17(23)22-25-9-14-7-5-4-6-8-14/h4-8,13H,9-10H2,1-3H3,(H,22,23)(H,20,21,24). The van der Waals surface area contributed by atoms with Crippen LogP contribution < -0.4 is 11.0 Å². The molecular formula is C19H21N3O3S2. The molecule has 0 saturated carbocycles. The van der Waals surface area contributed by atoms with Gasteiger partial charge in [-0.1, -0.05) is 30.3 Å². The van der Waals surface area contributed by atoms with Crippen molar-refractivity contribution in [3.63, 3.8) is 0 Å². The number of aromatic nitrogens is 2. The van der Waals surface area contributed by atoms with Gasteiger partial charge in [0.25, 0.3) is 11.5 Å². The van der Waals surface area contributed by atoms with Gasteiger partial charge in [-0.2, -0.15) is 0 Å². The quantitative estimate of drug-likeness (QED) is 0.590. The summed E-state index contributed by atoms with van der Waals surface area (Å²) in [5.74, 6) is 0.792. The number of fused-ring (bicyclic) bond motifs is 1. The number of hydrogen-bond donors (Lipinski definition) is 2. The summed E-state index contributed by atoms with van der Waals surface area (Å²) in [6.45, 7) is 6.02. The molecule has 2 N–H and O–H groups in total. The molecule has 0 aliphatic rings. The van der Waals surface area contributed by atoms with Gasteiger partial charge in [0.2, 0.25) is 0 Å². The Morgan fingerprint density at radius 3 is 2.81 bits per heavy atom. The number of nitrogens with zero attached hydrogens (tertiary/aromatic N) is 1. The molecule has 1 amide bonds. The van der Waals surface area contributed by atoms with Crippen LogP contribution in [0.5, 0.6) is 0 Å². The molecule has 0 bridgehead atoms. The van der Waals surface area contributed by atoms with Crippen LogP contribution in [0.1, 0.15) is 28.8 Å². The normalized spacial score (nSPS) is 12.3. The zero-order chi connectivity index (χ0) is 19.4. The van der Waals surface area contributed by atoms with Gasteiger partial charge < -0.3 is 4.98 Å². The molecule has 0 spiro atoms. The average Bonchev–Trinajstić information content (AvgIpc) is 2.94. The number of thioether (sulfide) groups is 1. The van der Waals surface area contributed by atoms with Crippen LogP contribution in [0.25, 0.3) is 10.2 Å². The SMILES string of the molecule is Cc1sc2nc(CSC(C)C(=O)NOCc3ccccc3)[nH]c(=O)c2c1C. The molecule has 0 aliphatic heterocycles. The maximum Gasteiger partial charge on any atom is 0.259 e. The van der Waals surface area contributed by atoms with Crippen molar-refractivity contribution >= 4 is 39.2 Å². The molecule has 8 heteroatoms. The lowest BCUT2D eigenvalue weighted by molar-refractivity contribution is -0.133. The van der Waals surface area contributed by atoms with E-state index < -0.39 is 0 Å². The smallest absolute Gasteiger partial charge is 0.259 e. The van der Waals surface area contributed by atoms with Gasteiger partial charge in [0.05, 0.1) is 23.0 Å². The van der Waals surface area contributed by atoms with Gasteiger partial charge in [-0.3, -0.25) is 14.4 Å². The monoisotopic (exact) mass is 403 g/mol. The lowest BCUT2D eigenvalue weighted by Crippen LogP contribution is -2.31. The van der Waals surface area contributed by atoms with E-state index in [0.29, 0.717) is 23.6 Å². The maximum absolute atomic E-state index is 12.3. The number of hydroxylamine groups is 1. The Hall–Kier alpha value is -2.16. The molecule has 3 rings (SSSR count). The molecule has 142 valence electrons. The van der Waals surface area contributed by atoms with Crippen LogP contribution in [0.2, 0.25) is 0 Å². The molecule has 6 nitrogen and oxygen atoms in total. The van der Waals surface area contributed by atoms with Crippen molar-refractivity contribution in [2.75, 3.05) is 0 Å². The summed E-state index contributed by atoms with van der Waals surface area (Å²) in [6, 6.07) is 9.61. The van der Waals surface area contributed by atoms with E-state index in [1.54, 1.807) is 6.92 Å². The Bertz CT molecular complexity index is 999. The van der Waals surface area contributed by atoms with Crippen LogP contribution >= 0.6 is 23.1 Å². The van der Waals surface area contributed by atoms with Gasteiger partial charge in [-0.05, 0) is 31.9 Å². The molecular weight excluding hydrogens is 382 g/mol. The molecule has 3 aromatic rings. The van der Waals surface area contributed by atoms with E-state index in [4.69, 9.17) is 4.84 Å². The van der Waals surface area contributed by atoms with Crippen LogP contribution in [0.3, 0.4) is 0 Å². The number of thiophene rings is 1. The van der Waals surface area contributed by atoms with E-state index in [2.05, 4.69) is 15.4 Å². The Morgan fingerprint density at radius 1 is 1.33 bits per heavy atom. The van der Waals surface area contributed by atoms with Crippen LogP contribution in [0, 0.1) is 13.8 Å². The number of amides is 1. The number of aryl methyl sites for hydroxylation is 2. The van der Waals surface area contributed by atoms with Gasteiger partial charge in [-0.25, -0.2) is 10.5 Å². The van der Waals surface area contributed by atoms with Crippen molar-refractivity contribution in [2.45, 2.75) is 38.4 Å². The summed E-state index contributed by atoms with van der Waals surface area (Å²) in [5, 5.41) is 0.319. The molecule has 1 atom stereocenters. The zero-order valence-electron chi connectivity index (χ0n) is 15.4. The molecule has 27 heavy (non-hydrogen) atoms. The number of nitrogens with one attached hydrogen (secondary N) is 2. The minimum atomic E-state index is -0.339. The lowest BCUT2D eigenvalue weighted by Gasteiger charge is -2.11. The second-order valence-corrected chi connectivity index (χ2v) is 8.70. The molecule has 0 fully saturated rings. The first-order valence-electron chi connectivity index (χ1n) is 8.51. The molecule has 0 aliphatic carbocycles. The van der Waals surface area contributed by atoms with E-state index >= 15 is 0 Å². The molecule has 1 aromatic carbocycles. The van der Waals surface area contributed by atoms with Crippen molar-refractivity contribution in [2.24, 2.45) is 0 Å². The summed E-state index contributed by atoms with van der Waals surface area (Å²) in [7, 11) is 0. The van der Waals surface area contributed by atoms with Crippen molar-refractivity contribution in [1.29, 1.82) is 0 Å². The Morgan fingerprint density at radius 2 is 2.07 bits per heavy atom. The topological polar surface area (TPSA) is 84.1 Å². The van der Waals surface area contributed by atoms with E-state index in [-0.39, 0.29) is 16.7 Å². The predicted octanol–water partition coefficient (Wildman–Crippen LogP) is 3.47. The Kier molecular flexibility index (Phi) is 6.30. The van der Waals surface area contributed by atoms with Gasteiger partial charge in [-0.15, -0.1) is 23.1 Å². The summed E-state index contributed by atoms with van der Waals surface area (Å²) in [6.07, 6.45) is 0. The van der Waals surface area contributed by atoms with Gasteiger partial charge in [0.1, 0.15) is 10.7 Å². The second-order valence-electron chi connectivity index (χ2n) is 6.17. The van der Waals surface area contributed by atoms with E-state index in [0.717, 1.165) is 20.8 Å². The Labute approximate surface area is 165 Å². The van der Waals surface area contributed by atoms with E-state index in [1.165, 1.54) is 23.1 Å². The van der Waals surface area contributed by atoms with Crippen LogP contribution in [-0.4, -0.2) is 21.1 Å². The van der Waals surface area contributed by atoms with Crippen molar-refractivity contribution < 1.29 is 9.63 Å². The fourth-order valence-corrected chi connectivity index (χ4v) is 4.29. The predicted molar refractivity (Wildman–Crippen MR) is 110 cm³/mol. The minimum absolute atomic E-state index is 0.124. The molecule has 1 unspecified atom stereocenters. The summed E-state index contributed by atoms with van der Waals surface area (Å²) in [4.78, 5) is 38.9. The highest BCUT2D eigenvalue weighted by atomic mass is 32.2. The highest BCUT2D eigenvalue weighted by Gasteiger charge is 2.16. The molecule has 0 saturated heterocycles. The summed E-state index contributed by atoms with van der Waals surface area (Å²) >= 11 is 2.91. The molecule has 2 aromatic heterocycles. The third kappa shape index (κ3) is 4.77. The van der Waals surface area contributed by atoms with Crippen LogP contribution in [0.15, 0.2) is 35.1 Å². The number of rotatable bonds is 7. The first-order valence-corrected chi connectivity index (χ1v) is 10.4. The number of carbonyl (C=O) groups is 1. The first-order chi connectivity index (χ1) is 13.0. The fourth-order valence-electron chi connectivity index (χ4n) is 2.49. The van der Waals surface area contributed by atoms with Gasteiger partial charge in [0.15, 0.2) is 0 Å². The summed E-state index contributed by atoms with van der Waals surface area (Å²) in [5.41, 5.74) is 4.30. The van der Waals surface area contributed by atoms with Crippen molar-refractivity contribution in [3.8, 4) is 0 Å². The third-order valence-electron chi connectivity index (χ3n) is 4.18. The van der Waals surface area contributed by atoms with Crippen LogP contribution in [-0.2, 0) is 22.0 Å². The number of aromatic amines is 1. The highest BCUT2D eigenvalue weighted by Crippen LogP contribution is 2.26. The highest BCUT2D eigenvalue weighted by molar-refractivity contribution is 7.99. The maximum atomic E-state index is 12.3. The molecule has 2 heterocycles. The zero-order valence-corrected chi connectivity index (χ0v) is 17.0. The Balaban J connectivity index is 1.54. The van der Waals surface area contributed by atoms with E-state index in [9.17, 15) is 9.59 Å². The summed E-state index contributed by atoms with van der Waals surface area (Å²) < 4.78 is 0. The number of carbonyl (C=O) groups excluding carboxylic acids is 1. The van der Waals surface area contributed by atoms with Crippen LogP contribution in [0.4, 0.5) is 0 Å². The number of benzene rings is 1. The van der Waals surface area contributed by atoms with E-state index in [1.807, 2.05) is 44.2 Å². The van der Waals surface area contributed by atoms with Gasteiger partial charge in [0, 0.05) is 4.88 Å². The first kappa shape index (κ1) is 19.6. The molecule has 0 radical (unpaired) electrons. The average molecular weight is 404 g/mol. The number of H-pyrrole nitrogens is 1. The third-order valence-corrected chi connectivity index (χ3v) is 6.44. The van der Waals surface area contributed by atoms with Gasteiger partial charge >= 0.3 is 0 Å².